The maximum Gasteiger partial charge on any atom is 0.242 e. The van der Waals surface area contributed by atoms with Gasteiger partial charge in [0.25, 0.3) is 0 Å². The van der Waals surface area contributed by atoms with Crippen LogP contribution in [0.5, 0.6) is 0 Å². The van der Waals surface area contributed by atoms with Gasteiger partial charge in [0.1, 0.15) is 11.5 Å². The highest BCUT2D eigenvalue weighted by Crippen LogP contribution is 2.26. The smallest absolute Gasteiger partial charge is 0.242 e. The monoisotopic (exact) mass is 399 g/mol. The van der Waals surface area contributed by atoms with Crippen LogP contribution in [-0.2, 0) is 24.3 Å². The van der Waals surface area contributed by atoms with Crippen molar-refractivity contribution in [2.24, 2.45) is 0 Å². The minimum atomic E-state index is 0.0632. The lowest BCUT2D eigenvalue weighted by molar-refractivity contribution is -0.130. The van der Waals surface area contributed by atoms with E-state index in [1.165, 1.54) is 11.1 Å². The van der Waals surface area contributed by atoms with Crippen LogP contribution in [0.3, 0.4) is 0 Å². The third kappa shape index (κ3) is 5.81. The van der Waals surface area contributed by atoms with Crippen LogP contribution in [0.1, 0.15) is 29.5 Å². The van der Waals surface area contributed by atoms with Gasteiger partial charge < -0.3 is 19.6 Å². The fourth-order valence-corrected chi connectivity index (χ4v) is 3.66. The average molecular weight is 400 g/mol. The number of benzene rings is 1. The van der Waals surface area contributed by atoms with Crippen LogP contribution < -0.4 is 5.32 Å². The summed E-state index contributed by atoms with van der Waals surface area (Å²) in [6.45, 7) is 9.32. The molecule has 0 unspecified atom stereocenters. The molecule has 7 heteroatoms. The molecule has 1 aromatic heterocycles. The molecule has 0 bridgehead atoms. The molecule has 0 saturated heterocycles. The molecule has 3 rings (SSSR count). The summed E-state index contributed by atoms with van der Waals surface area (Å²) >= 11 is 0. The van der Waals surface area contributed by atoms with Crippen molar-refractivity contribution in [3.8, 4) is 0 Å². The number of carbonyl (C=O) groups excluding carboxylic acids is 1. The van der Waals surface area contributed by atoms with Gasteiger partial charge in [-0.1, -0.05) is 24.2 Å². The summed E-state index contributed by atoms with van der Waals surface area (Å²) < 4.78 is 5.16. The first-order chi connectivity index (χ1) is 14.0. The summed E-state index contributed by atoms with van der Waals surface area (Å²) in [6.07, 6.45) is 1.06. The molecule has 7 nitrogen and oxygen atoms in total. The number of hydrogen-bond acceptors (Lipinski definition) is 6. The zero-order chi connectivity index (χ0) is 20.8. The van der Waals surface area contributed by atoms with Gasteiger partial charge in [0, 0.05) is 37.9 Å². The van der Waals surface area contributed by atoms with E-state index >= 15 is 0 Å². The van der Waals surface area contributed by atoms with E-state index < -0.39 is 0 Å². The second kappa shape index (κ2) is 9.89. The van der Waals surface area contributed by atoms with Crippen molar-refractivity contribution in [2.75, 3.05) is 52.1 Å². The van der Waals surface area contributed by atoms with E-state index in [0.29, 0.717) is 13.1 Å². The Morgan fingerprint density at radius 2 is 2.14 bits per heavy atom. The molecule has 0 fully saturated rings. The first-order valence-electron chi connectivity index (χ1n) is 10.4. The van der Waals surface area contributed by atoms with E-state index in [2.05, 4.69) is 45.4 Å². The Bertz CT molecular complexity index is 817. The van der Waals surface area contributed by atoms with Crippen molar-refractivity contribution < 1.29 is 9.32 Å². The van der Waals surface area contributed by atoms with Crippen molar-refractivity contribution in [3.63, 3.8) is 0 Å². The fourth-order valence-electron chi connectivity index (χ4n) is 3.66. The maximum atomic E-state index is 13.0. The number of hydrogen-bond donors (Lipinski definition) is 1. The Labute approximate surface area is 173 Å². The van der Waals surface area contributed by atoms with Crippen molar-refractivity contribution in [1.82, 2.24) is 19.9 Å². The molecule has 0 saturated carbocycles. The fraction of sp³-hybridized carbons (Fsp3) is 0.545. The Hall–Kier alpha value is -2.38. The van der Waals surface area contributed by atoms with E-state index in [9.17, 15) is 4.79 Å². The zero-order valence-electron chi connectivity index (χ0n) is 18.1. The van der Waals surface area contributed by atoms with E-state index in [4.69, 9.17) is 4.52 Å². The average Bonchev–Trinajstić information content (AvgIpc) is 3.13. The molecule has 2 heterocycles. The van der Waals surface area contributed by atoms with E-state index in [1.807, 2.05) is 32.0 Å². The van der Waals surface area contributed by atoms with Crippen LogP contribution in [0.4, 0.5) is 5.69 Å². The van der Waals surface area contributed by atoms with Gasteiger partial charge in [0.15, 0.2) is 0 Å². The predicted octanol–water partition coefficient (Wildman–Crippen LogP) is 2.36. The van der Waals surface area contributed by atoms with Crippen molar-refractivity contribution in [1.29, 1.82) is 0 Å². The topological polar surface area (TPSA) is 64.9 Å². The Morgan fingerprint density at radius 1 is 1.31 bits per heavy atom. The Balaban J connectivity index is 1.66. The van der Waals surface area contributed by atoms with Gasteiger partial charge in [-0.2, -0.15) is 0 Å². The lowest BCUT2D eigenvalue weighted by atomic mass is 9.98. The molecule has 1 N–H and O–H groups in total. The van der Waals surface area contributed by atoms with Crippen molar-refractivity contribution in [3.05, 3.63) is 46.8 Å². The quantitative estimate of drug-likeness (QED) is 0.698. The third-order valence-corrected chi connectivity index (χ3v) is 5.43. The van der Waals surface area contributed by atoms with Gasteiger partial charge in [-0.3, -0.25) is 9.69 Å². The highest BCUT2D eigenvalue weighted by atomic mass is 16.5. The highest BCUT2D eigenvalue weighted by Gasteiger charge is 2.20. The summed E-state index contributed by atoms with van der Waals surface area (Å²) in [6, 6.07) is 8.24. The molecule has 158 valence electrons. The molecule has 0 radical (unpaired) electrons. The summed E-state index contributed by atoms with van der Waals surface area (Å²) in [5, 5.41) is 7.45. The minimum absolute atomic E-state index is 0.0632. The number of aryl methyl sites for hydroxylation is 1. The molecular weight excluding hydrogens is 366 g/mol. The molecule has 1 aliphatic heterocycles. The first-order valence-corrected chi connectivity index (χ1v) is 10.4. The van der Waals surface area contributed by atoms with Gasteiger partial charge in [-0.15, -0.1) is 0 Å². The Morgan fingerprint density at radius 3 is 2.83 bits per heavy atom. The van der Waals surface area contributed by atoms with E-state index in [1.54, 1.807) is 0 Å². The zero-order valence-corrected chi connectivity index (χ0v) is 18.1. The van der Waals surface area contributed by atoms with Crippen molar-refractivity contribution >= 4 is 11.6 Å². The molecule has 1 amide bonds. The first kappa shape index (κ1) is 21.3. The third-order valence-electron chi connectivity index (χ3n) is 5.43. The largest absolute Gasteiger partial charge is 0.376 e. The van der Waals surface area contributed by atoms with Crippen LogP contribution in [0.2, 0.25) is 0 Å². The van der Waals surface area contributed by atoms with Crippen LogP contribution >= 0.6 is 0 Å². The number of fused-ring (bicyclic) bond motifs is 1. The van der Waals surface area contributed by atoms with Crippen molar-refractivity contribution in [2.45, 2.75) is 33.4 Å². The van der Waals surface area contributed by atoms with Crippen LogP contribution in [0.25, 0.3) is 0 Å². The molecule has 1 aliphatic rings. The number of rotatable bonds is 9. The summed E-state index contributed by atoms with van der Waals surface area (Å²) in [5.41, 5.74) is 4.55. The second-order valence-corrected chi connectivity index (χ2v) is 7.96. The number of amides is 1. The number of likely N-dealkylation sites (N-methyl/N-ethyl adjacent to an activating group) is 2. The van der Waals surface area contributed by atoms with Gasteiger partial charge in [0.2, 0.25) is 5.91 Å². The van der Waals surface area contributed by atoms with Crippen LogP contribution in [0.15, 0.2) is 28.8 Å². The normalized spacial score (nSPS) is 14.1. The number of anilines is 1. The number of aromatic nitrogens is 1. The summed E-state index contributed by atoms with van der Waals surface area (Å²) in [7, 11) is 4.02. The van der Waals surface area contributed by atoms with E-state index in [0.717, 1.165) is 49.7 Å². The lowest BCUT2D eigenvalue weighted by Crippen LogP contribution is -2.39. The van der Waals surface area contributed by atoms with E-state index in [-0.39, 0.29) is 12.5 Å². The number of nitrogens with zero attached hydrogens (tertiary/aromatic N) is 4. The highest BCUT2D eigenvalue weighted by molar-refractivity contribution is 5.81. The standard InChI is InChI=1S/C22H33N5O2/c1-5-26-10-9-18-7-6-8-21(20(18)16-26)23-14-22(28)27(12-11-25(3)4)15-19-13-17(2)29-24-19/h6-8,13,23H,5,9-12,14-16H2,1-4H3. The molecular formula is C22H33N5O2. The second-order valence-electron chi connectivity index (χ2n) is 7.96. The molecule has 1 aromatic carbocycles. The summed E-state index contributed by atoms with van der Waals surface area (Å²) in [4.78, 5) is 19.4. The number of carbonyl (C=O) groups is 1. The predicted molar refractivity (Wildman–Crippen MR) is 115 cm³/mol. The molecule has 0 aliphatic carbocycles. The van der Waals surface area contributed by atoms with Gasteiger partial charge >= 0.3 is 0 Å². The maximum absolute atomic E-state index is 13.0. The molecule has 2 aromatic rings. The van der Waals surface area contributed by atoms with Gasteiger partial charge in [0.05, 0.1) is 13.1 Å². The van der Waals surface area contributed by atoms with Crippen LogP contribution in [0, 0.1) is 6.92 Å². The molecule has 0 spiro atoms. The lowest BCUT2D eigenvalue weighted by Gasteiger charge is -2.30. The molecule has 0 atom stereocenters. The SMILES string of the molecule is CCN1CCc2cccc(NCC(=O)N(CCN(C)C)Cc3cc(C)on3)c2C1. The number of nitrogens with one attached hydrogen (secondary N) is 1. The minimum Gasteiger partial charge on any atom is -0.376 e. The van der Waals surface area contributed by atoms with Crippen LogP contribution in [-0.4, -0.2) is 72.6 Å². The van der Waals surface area contributed by atoms with Gasteiger partial charge in [-0.05, 0) is 51.2 Å². The van der Waals surface area contributed by atoms with Gasteiger partial charge in [-0.25, -0.2) is 0 Å². The summed E-state index contributed by atoms with van der Waals surface area (Å²) in [5.74, 6) is 0.822. The Kier molecular flexibility index (Phi) is 7.28. The molecule has 29 heavy (non-hydrogen) atoms.